The van der Waals surface area contributed by atoms with Crippen LogP contribution in [0.2, 0.25) is 0 Å². The Morgan fingerprint density at radius 2 is 1.85 bits per heavy atom. The molecule has 1 saturated heterocycles. The Morgan fingerprint density at radius 3 is 2.46 bits per heavy atom. The SMILES string of the molecule is CCOc1ccc(N2C(=O)CS[C@H]2c2ccc(NC(=O)CC)cc2)cc1. The molecular weight excluding hydrogens is 348 g/mol. The number of hydrogen-bond acceptors (Lipinski definition) is 4. The van der Waals surface area contributed by atoms with E-state index in [-0.39, 0.29) is 17.2 Å². The molecule has 136 valence electrons. The van der Waals surface area contributed by atoms with E-state index in [2.05, 4.69) is 5.32 Å². The third-order valence-corrected chi connectivity index (χ3v) is 5.31. The van der Waals surface area contributed by atoms with Gasteiger partial charge in [0.15, 0.2) is 0 Å². The van der Waals surface area contributed by atoms with Crippen molar-refractivity contribution >= 4 is 35.0 Å². The van der Waals surface area contributed by atoms with E-state index in [9.17, 15) is 9.59 Å². The fraction of sp³-hybridized carbons (Fsp3) is 0.300. The molecule has 6 heteroatoms. The van der Waals surface area contributed by atoms with Crippen molar-refractivity contribution in [1.82, 2.24) is 0 Å². The highest BCUT2D eigenvalue weighted by atomic mass is 32.2. The quantitative estimate of drug-likeness (QED) is 0.827. The average molecular weight is 370 g/mol. The zero-order chi connectivity index (χ0) is 18.5. The van der Waals surface area contributed by atoms with Crippen molar-refractivity contribution in [1.29, 1.82) is 0 Å². The minimum absolute atomic E-state index is 0.0146. The summed E-state index contributed by atoms with van der Waals surface area (Å²) in [7, 11) is 0. The Hall–Kier alpha value is -2.47. The molecule has 1 aliphatic heterocycles. The predicted octanol–water partition coefficient (Wildman–Crippen LogP) is 4.21. The van der Waals surface area contributed by atoms with Crippen LogP contribution in [0.4, 0.5) is 11.4 Å². The number of nitrogens with zero attached hydrogens (tertiary/aromatic N) is 1. The van der Waals surface area contributed by atoms with Gasteiger partial charge in [-0.25, -0.2) is 0 Å². The molecule has 0 bridgehead atoms. The highest BCUT2D eigenvalue weighted by Crippen LogP contribution is 2.42. The lowest BCUT2D eigenvalue weighted by Crippen LogP contribution is -2.27. The minimum atomic E-state index is -0.0728. The maximum Gasteiger partial charge on any atom is 0.238 e. The van der Waals surface area contributed by atoms with Gasteiger partial charge in [0.25, 0.3) is 0 Å². The highest BCUT2D eigenvalue weighted by molar-refractivity contribution is 8.00. The molecular formula is C20H22N2O3S. The Morgan fingerprint density at radius 1 is 1.15 bits per heavy atom. The third kappa shape index (κ3) is 4.02. The maximum absolute atomic E-state index is 12.4. The smallest absolute Gasteiger partial charge is 0.238 e. The highest BCUT2D eigenvalue weighted by Gasteiger charge is 2.34. The van der Waals surface area contributed by atoms with Gasteiger partial charge in [-0.15, -0.1) is 11.8 Å². The van der Waals surface area contributed by atoms with Gasteiger partial charge in [0.2, 0.25) is 11.8 Å². The molecule has 1 heterocycles. The summed E-state index contributed by atoms with van der Waals surface area (Å²) in [5.74, 6) is 1.32. The number of amides is 2. The molecule has 0 aromatic heterocycles. The summed E-state index contributed by atoms with van der Waals surface area (Å²) in [4.78, 5) is 25.8. The van der Waals surface area contributed by atoms with Gasteiger partial charge >= 0.3 is 0 Å². The first-order chi connectivity index (χ1) is 12.6. The number of ether oxygens (including phenoxy) is 1. The molecule has 1 atom stereocenters. The van der Waals surface area contributed by atoms with Crippen molar-refractivity contribution in [3.05, 3.63) is 54.1 Å². The van der Waals surface area contributed by atoms with Crippen molar-refractivity contribution in [3.8, 4) is 5.75 Å². The van der Waals surface area contributed by atoms with Crippen LogP contribution in [0, 0.1) is 0 Å². The van der Waals surface area contributed by atoms with Crippen LogP contribution in [0.15, 0.2) is 48.5 Å². The number of anilines is 2. The minimum Gasteiger partial charge on any atom is -0.494 e. The van der Waals surface area contributed by atoms with E-state index >= 15 is 0 Å². The largest absolute Gasteiger partial charge is 0.494 e. The molecule has 1 aliphatic rings. The first-order valence-electron chi connectivity index (χ1n) is 8.68. The zero-order valence-electron chi connectivity index (χ0n) is 14.9. The lowest BCUT2D eigenvalue weighted by Gasteiger charge is -2.24. The molecule has 1 N–H and O–H groups in total. The molecule has 0 radical (unpaired) electrons. The van der Waals surface area contributed by atoms with Crippen LogP contribution < -0.4 is 15.0 Å². The molecule has 0 unspecified atom stereocenters. The molecule has 26 heavy (non-hydrogen) atoms. The van der Waals surface area contributed by atoms with Crippen LogP contribution in [-0.2, 0) is 9.59 Å². The van der Waals surface area contributed by atoms with E-state index in [1.165, 1.54) is 0 Å². The monoisotopic (exact) mass is 370 g/mol. The Balaban J connectivity index is 1.80. The second-order valence-corrected chi connectivity index (χ2v) is 6.95. The van der Waals surface area contributed by atoms with Crippen LogP contribution in [0.1, 0.15) is 31.2 Å². The van der Waals surface area contributed by atoms with Crippen molar-refractivity contribution in [2.75, 3.05) is 22.6 Å². The van der Waals surface area contributed by atoms with Crippen molar-refractivity contribution in [2.45, 2.75) is 25.6 Å². The van der Waals surface area contributed by atoms with Crippen molar-refractivity contribution < 1.29 is 14.3 Å². The predicted molar refractivity (Wildman–Crippen MR) is 106 cm³/mol. The molecule has 0 saturated carbocycles. The van der Waals surface area contributed by atoms with Gasteiger partial charge in [-0.05, 0) is 48.9 Å². The summed E-state index contributed by atoms with van der Waals surface area (Å²) >= 11 is 1.60. The topological polar surface area (TPSA) is 58.6 Å². The maximum atomic E-state index is 12.4. The summed E-state index contributed by atoms with van der Waals surface area (Å²) in [5.41, 5.74) is 2.66. The Kier molecular flexibility index (Phi) is 5.83. The van der Waals surface area contributed by atoms with Crippen LogP contribution >= 0.6 is 11.8 Å². The fourth-order valence-corrected chi connectivity index (χ4v) is 3.98. The van der Waals surface area contributed by atoms with Gasteiger partial charge in [-0.1, -0.05) is 19.1 Å². The number of carbonyl (C=O) groups is 2. The van der Waals surface area contributed by atoms with Crippen LogP contribution in [0.25, 0.3) is 0 Å². The number of hydrogen-bond donors (Lipinski definition) is 1. The molecule has 3 rings (SSSR count). The lowest BCUT2D eigenvalue weighted by atomic mass is 10.1. The molecule has 2 aromatic carbocycles. The first-order valence-corrected chi connectivity index (χ1v) is 9.73. The summed E-state index contributed by atoms with van der Waals surface area (Å²) in [6, 6.07) is 15.3. The molecule has 0 spiro atoms. The second-order valence-electron chi connectivity index (χ2n) is 5.88. The van der Waals surface area contributed by atoms with E-state index in [1.807, 2.05) is 67.3 Å². The molecule has 1 fully saturated rings. The lowest BCUT2D eigenvalue weighted by molar-refractivity contribution is -0.116. The van der Waals surface area contributed by atoms with Crippen LogP contribution in [0.5, 0.6) is 5.75 Å². The van der Waals surface area contributed by atoms with Gasteiger partial charge in [-0.3, -0.25) is 14.5 Å². The fourth-order valence-electron chi connectivity index (χ4n) is 2.80. The van der Waals surface area contributed by atoms with Crippen LogP contribution in [0.3, 0.4) is 0 Å². The zero-order valence-corrected chi connectivity index (χ0v) is 15.7. The average Bonchev–Trinajstić information content (AvgIpc) is 3.05. The van der Waals surface area contributed by atoms with E-state index in [0.717, 1.165) is 22.7 Å². The standard InChI is InChI=1S/C20H22N2O3S/c1-3-18(23)21-15-7-5-14(6-8-15)20-22(19(24)13-26-20)16-9-11-17(12-10-16)25-4-2/h5-12,20H,3-4,13H2,1-2H3,(H,21,23)/t20-/m0/s1. The first kappa shape index (κ1) is 18.3. The Bertz CT molecular complexity index is 775. The van der Waals surface area contributed by atoms with Gasteiger partial charge < -0.3 is 10.1 Å². The number of rotatable bonds is 6. The summed E-state index contributed by atoms with van der Waals surface area (Å²) in [6.07, 6.45) is 0.445. The summed E-state index contributed by atoms with van der Waals surface area (Å²) in [6.45, 7) is 4.37. The number of benzene rings is 2. The van der Waals surface area contributed by atoms with Gasteiger partial charge in [0.1, 0.15) is 11.1 Å². The van der Waals surface area contributed by atoms with E-state index < -0.39 is 0 Å². The van der Waals surface area contributed by atoms with E-state index in [0.29, 0.717) is 18.8 Å². The number of carbonyl (C=O) groups excluding carboxylic acids is 2. The van der Waals surface area contributed by atoms with Gasteiger partial charge in [0.05, 0.1) is 12.4 Å². The van der Waals surface area contributed by atoms with E-state index in [1.54, 1.807) is 11.8 Å². The molecule has 2 amide bonds. The van der Waals surface area contributed by atoms with Crippen molar-refractivity contribution in [3.63, 3.8) is 0 Å². The Labute approximate surface area is 157 Å². The third-order valence-electron chi connectivity index (χ3n) is 4.09. The van der Waals surface area contributed by atoms with E-state index in [4.69, 9.17) is 4.74 Å². The molecule has 0 aliphatic carbocycles. The normalized spacial score (nSPS) is 16.6. The van der Waals surface area contributed by atoms with Gasteiger partial charge in [-0.2, -0.15) is 0 Å². The molecule has 5 nitrogen and oxygen atoms in total. The summed E-state index contributed by atoms with van der Waals surface area (Å²) in [5, 5.41) is 2.77. The second kappa shape index (κ2) is 8.27. The number of nitrogens with one attached hydrogen (secondary N) is 1. The van der Waals surface area contributed by atoms with Gasteiger partial charge in [0, 0.05) is 17.8 Å². The number of thioether (sulfide) groups is 1. The van der Waals surface area contributed by atoms with Crippen LogP contribution in [-0.4, -0.2) is 24.2 Å². The van der Waals surface area contributed by atoms with Crippen molar-refractivity contribution in [2.24, 2.45) is 0 Å². The summed E-state index contributed by atoms with van der Waals surface area (Å²) < 4.78 is 5.47. The molecule has 2 aromatic rings.